The van der Waals surface area contributed by atoms with E-state index in [0.29, 0.717) is 6.61 Å². The van der Waals surface area contributed by atoms with Crippen LogP contribution in [0.1, 0.15) is 70.7 Å². The molecule has 0 saturated carbocycles. The lowest BCUT2D eigenvalue weighted by Gasteiger charge is -2.27. The van der Waals surface area contributed by atoms with Crippen molar-refractivity contribution >= 4 is 5.69 Å². The van der Waals surface area contributed by atoms with Gasteiger partial charge in [0.05, 0.1) is 6.04 Å². The number of hydrogen-bond acceptors (Lipinski definition) is 4. The van der Waals surface area contributed by atoms with Gasteiger partial charge < -0.3 is 10.5 Å². The van der Waals surface area contributed by atoms with Crippen molar-refractivity contribution in [2.45, 2.75) is 70.9 Å². The molecule has 0 aliphatic carbocycles. The minimum atomic E-state index is 0.0322. The Kier molecular flexibility index (Phi) is 5.74. The van der Waals surface area contributed by atoms with Crippen molar-refractivity contribution in [1.82, 2.24) is 10.9 Å². The third-order valence-electron chi connectivity index (χ3n) is 5.41. The van der Waals surface area contributed by atoms with Gasteiger partial charge in [-0.15, -0.1) is 0 Å². The van der Waals surface area contributed by atoms with Gasteiger partial charge in [0.2, 0.25) is 0 Å². The molecule has 4 heteroatoms. The molecule has 0 aromatic heterocycles. The first-order valence-electron chi connectivity index (χ1n) is 10.2. The van der Waals surface area contributed by atoms with E-state index in [0.717, 1.165) is 17.9 Å². The van der Waals surface area contributed by atoms with Crippen LogP contribution >= 0.6 is 0 Å². The van der Waals surface area contributed by atoms with Crippen molar-refractivity contribution in [1.29, 1.82) is 0 Å². The van der Waals surface area contributed by atoms with Gasteiger partial charge in [0, 0.05) is 11.7 Å². The molecule has 2 aromatic carbocycles. The molecule has 28 heavy (non-hydrogen) atoms. The van der Waals surface area contributed by atoms with Crippen LogP contribution in [0.2, 0.25) is 0 Å². The SMILES string of the molecule is CC(C)(C)c1ccc(OCC2CC(c3ccc(N)cc3)NN2)c(C(C)(C)C)c1. The van der Waals surface area contributed by atoms with Crippen LogP contribution in [-0.2, 0) is 10.8 Å². The standard InChI is InChI=1S/C24H35N3O/c1-23(2,3)17-9-12-22(20(13-17)24(4,5)6)28-15-19-14-21(27-26-19)16-7-10-18(25)11-8-16/h7-13,19,21,26-27H,14-15,25H2,1-6H3. The fourth-order valence-corrected chi connectivity index (χ4v) is 3.58. The molecular formula is C24H35N3O. The monoisotopic (exact) mass is 381 g/mol. The largest absolute Gasteiger partial charge is 0.492 e. The third kappa shape index (κ3) is 4.86. The fourth-order valence-electron chi connectivity index (χ4n) is 3.58. The summed E-state index contributed by atoms with van der Waals surface area (Å²) in [6.45, 7) is 14.1. The van der Waals surface area contributed by atoms with Gasteiger partial charge in [-0.05, 0) is 52.1 Å². The molecule has 2 aromatic rings. The van der Waals surface area contributed by atoms with E-state index in [2.05, 4.69) is 82.7 Å². The van der Waals surface area contributed by atoms with Gasteiger partial charge in [-0.3, -0.25) is 5.43 Å². The lowest BCUT2D eigenvalue weighted by molar-refractivity contribution is 0.266. The molecule has 3 rings (SSSR count). The van der Waals surface area contributed by atoms with E-state index in [9.17, 15) is 0 Å². The second kappa shape index (κ2) is 7.76. The molecule has 152 valence electrons. The van der Waals surface area contributed by atoms with Gasteiger partial charge in [0.15, 0.2) is 0 Å². The third-order valence-corrected chi connectivity index (χ3v) is 5.41. The fraction of sp³-hybridized carbons (Fsp3) is 0.500. The summed E-state index contributed by atoms with van der Waals surface area (Å²) < 4.78 is 6.30. The topological polar surface area (TPSA) is 59.3 Å². The molecule has 0 radical (unpaired) electrons. The summed E-state index contributed by atoms with van der Waals surface area (Å²) >= 11 is 0. The Hall–Kier alpha value is -2.04. The summed E-state index contributed by atoms with van der Waals surface area (Å²) in [5, 5.41) is 0. The maximum atomic E-state index is 6.30. The zero-order valence-electron chi connectivity index (χ0n) is 18.1. The first-order valence-corrected chi connectivity index (χ1v) is 10.2. The molecule has 4 nitrogen and oxygen atoms in total. The molecule has 4 N–H and O–H groups in total. The van der Waals surface area contributed by atoms with E-state index in [4.69, 9.17) is 10.5 Å². The predicted molar refractivity (Wildman–Crippen MR) is 118 cm³/mol. The maximum Gasteiger partial charge on any atom is 0.123 e. The van der Waals surface area contributed by atoms with Crippen molar-refractivity contribution in [2.24, 2.45) is 0 Å². The number of hydrazine groups is 1. The Morgan fingerprint density at radius 1 is 0.929 bits per heavy atom. The Bertz CT molecular complexity index is 800. The molecule has 1 aliphatic heterocycles. The van der Waals surface area contributed by atoms with Crippen molar-refractivity contribution in [3.05, 3.63) is 59.2 Å². The van der Waals surface area contributed by atoms with Crippen LogP contribution in [0.15, 0.2) is 42.5 Å². The molecule has 0 spiro atoms. The highest BCUT2D eigenvalue weighted by Gasteiger charge is 2.27. The van der Waals surface area contributed by atoms with Crippen LogP contribution < -0.4 is 21.3 Å². The van der Waals surface area contributed by atoms with Crippen molar-refractivity contribution in [3.63, 3.8) is 0 Å². The minimum absolute atomic E-state index is 0.0322. The summed E-state index contributed by atoms with van der Waals surface area (Å²) in [6, 6.07) is 15.3. The number of rotatable bonds is 4. The number of nitrogen functional groups attached to an aromatic ring is 1. The summed E-state index contributed by atoms with van der Waals surface area (Å²) in [4.78, 5) is 0. The molecule has 0 bridgehead atoms. The van der Waals surface area contributed by atoms with E-state index in [1.165, 1.54) is 16.7 Å². The van der Waals surface area contributed by atoms with Gasteiger partial charge in [-0.1, -0.05) is 65.8 Å². The van der Waals surface area contributed by atoms with Crippen LogP contribution in [0.3, 0.4) is 0 Å². The Labute approximate surface area is 169 Å². The molecule has 0 amide bonds. The highest BCUT2D eigenvalue weighted by Crippen LogP contribution is 2.36. The smallest absolute Gasteiger partial charge is 0.123 e. The Balaban J connectivity index is 1.68. The first-order chi connectivity index (χ1) is 13.0. The van der Waals surface area contributed by atoms with Gasteiger partial charge >= 0.3 is 0 Å². The maximum absolute atomic E-state index is 6.30. The normalized spacial score (nSPS) is 20.4. The van der Waals surface area contributed by atoms with Gasteiger partial charge in [0.1, 0.15) is 12.4 Å². The second-order valence-electron chi connectivity index (χ2n) is 9.96. The predicted octanol–water partition coefficient (Wildman–Crippen LogP) is 4.85. The number of nitrogens with one attached hydrogen (secondary N) is 2. The quantitative estimate of drug-likeness (QED) is 0.663. The van der Waals surface area contributed by atoms with E-state index < -0.39 is 0 Å². The summed E-state index contributed by atoms with van der Waals surface area (Å²) in [5.41, 5.74) is 17.4. The zero-order chi connectivity index (χ0) is 20.5. The Morgan fingerprint density at radius 2 is 1.61 bits per heavy atom. The molecule has 1 heterocycles. The van der Waals surface area contributed by atoms with E-state index >= 15 is 0 Å². The van der Waals surface area contributed by atoms with Crippen molar-refractivity contribution < 1.29 is 4.74 Å². The first kappa shape index (κ1) is 20.7. The van der Waals surface area contributed by atoms with Crippen LogP contribution in [-0.4, -0.2) is 12.6 Å². The molecule has 1 saturated heterocycles. The summed E-state index contributed by atoms with van der Waals surface area (Å²) in [7, 11) is 0. The highest BCUT2D eigenvalue weighted by atomic mass is 16.5. The zero-order valence-corrected chi connectivity index (χ0v) is 18.1. The van der Waals surface area contributed by atoms with Crippen molar-refractivity contribution in [3.8, 4) is 5.75 Å². The van der Waals surface area contributed by atoms with E-state index in [-0.39, 0.29) is 22.9 Å². The van der Waals surface area contributed by atoms with Gasteiger partial charge in [0.25, 0.3) is 0 Å². The van der Waals surface area contributed by atoms with Crippen LogP contribution in [0.4, 0.5) is 5.69 Å². The second-order valence-corrected chi connectivity index (χ2v) is 9.96. The van der Waals surface area contributed by atoms with Crippen molar-refractivity contribution in [2.75, 3.05) is 12.3 Å². The van der Waals surface area contributed by atoms with Crippen LogP contribution in [0.25, 0.3) is 0 Å². The number of nitrogens with two attached hydrogens (primary N) is 1. The van der Waals surface area contributed by atoms with Gasteiger partial charge in [-0.25, -0.2) is 5.43 Å². The average Bonchev–Trinajstić information content (AvgIpc) is 3.08. The molecule has 2 atom stereocenters. The lowest BCUT2D eigenvalue weighted by Crippen LogP contribution is -2.34. The molecule has 1 aliphatic rings. The summed E-state index contributed by atoms with van der Waals surface area (Å²) in [6.07, 6.45) is 0.981. The van der Waals surface area contributed by atoms with E-state index in [1.54, 1.807) is 0 Å². The number of ether oxygens (including phenoxy) is 1. The molecule has 1 fully saturated rings. The minimum Gasteiger partial charge on any atom is -0.492 e. The highest BCUT2D eigenvalue weighted by molar-refractivity contribution is 5.44. The molecule has 2 unspecified atom stereocenters. The van der Waals surface area contributed by atoms with Crippen LogP contribution in [0, 0.1) is 0 Å². The van der Waals surface area contributed by atoms with E-state index in [1.807, 2.05) is 12.1 Å². The summed E-state index contributed by atoms with van der Waals surface area (Å²) in [5.74, 6) is 0.984. The number of hydrogen-bond donors (Lipinski definition) is 3. The Morgan fingerprint density at radius 3 is 2.21 bits per heavy atom. The average molecular weight is 382 g/mol. The lowest BCUT2D eigenvalue weighted by atomic mass is 9.80. The number of anilines is 1. The van der Waals surface area contributed by atoms with Gasteiger partial charge in [-0.2, -0.15) is 0 Å². The molecular weight excluding hydrogens is 346 g/mol. The number of benzene rings is 2. The van der Waals surface area contributed by atoms with Crippen LogP contribution in [0.5, 0.6) is 5.75 Å².